The monoisotopic (exact) mass is 568 g/mol. The Bertz CT molecular complexity index is 1100. The van der Waals surface area contributed by atoms with E-state index in [0.29, 0.717) is 0 Å². The topological polar surface area (TPSA) is 40.5 Å². The first-order valence-corrected chi connectivity index (χ1v) is 15.0. The summed E-state index contributed by atoms with van der Waals surface area (Å²) >= 11 is 0. The molecule has 0 amide bonds. The van der Waals surface area contributed by atoms with Crippen LogP contribution in [-0.4, -0.2) is 23.4 Å². The molecule has 0 saturated carbocycles. The molecule has 0 aromatic rings. The first-order chi connectivity index (χ1) is 20.1. The van der Waals surface area contributed by atoms with E-state index in [-0.39, 0.29) is 13.2 Å². The van der Waals surface area contributed by atoms with Crippen LogP contribution in [0.3, 0.4) is 0 Å². The Morgan fingerprint density at radius 2 is 0.667 bits per heavy atom. The van der Waals surface area contributed by atoms with E-state index < -0.39 is 0 Å². The normalized spacial score (nSPS) is 16.1. The van der Waals surface area contributed by atoms with Gasteiger partial charge in [-0.05, 0) is 81.1 Å². The zero-order chi connectivity index (χ0) is 31.6. The van der Waals surface area contributed by atoms with Gasteiger partial charge in [0.25, 0.3) is 0 Å². The van der Waals surface area contributed by atoms with Crippen LogP contribution in [0, 0.1) is 0 Å². The number of rotatable bonds is 18. The summed E-state index contributed by atoms with van der Waals surface area (Å²) < 4.78 is 0. The molecule has 0 aromatic heterocycles. The lowest BCUT2D eigenvalue weighted by Crippen LogP contribution is -1.84. The average Bonchev–Trinajstić information content (AvgIpc) is 2.95. The molecule has 0 atom stereocenters. The number of hydrogen-bond acceptors (Lipinski definition) is 2. The fourth-order valence-corrected chi connectivity index (χ4v) is 3.46. The molecule has 0 rings (SSSR count). The number of aliphatic hydroxyl groups excluding tert-OH is 2. The molecular weight excluding hydrogens is 512 g/mol. The van der Waals surface area contributed by atoms with E-state index in [4.69, 9.17) is 10.2 Å². The molecule has 0 aliphatic carbocycles. The van der Waals surface area contributed by atoms with Gasteiger partial charge in [0.1, 0.15) is 0 Å². The predicted molar refractivity (Wildman–Crippen MR) is 188 cm³/mol. The van der Waals surface area contributed by atoms with E-state index in [0.717, 1.165) is 36.8 Å². The standard InChI is InChI=1S/C40H56O2/c1-33(19-11-21-35(3)23-13-25-37(5)27-15-29-39(7)31-41)17-9-10-18-34(2)20-12-22-36(4)24-14-26-38(6)28-16-30-40(8)32-42/h9-14,17-26,29-30,41-42H,15-16,27-28,31-32H2,1-8H3/b10-9+,19-11-,20-12+,23-13-,24-14+,33-17-,34-18+,35-21-,36-22+,37-25-,38-26?,39-29-,40-30+. The maximum absolute atomic E-state index is 9.05. The minimum absolute atomic E-state index is 0.141. The van der Waals surface area contributed by atoms with Crippen molar-refractivity contribution < 1.29 is 10.2 Å². The van der Waals surface area contributed by atoms with Gasteiger partial charge in [-0.15, -0.1) is 0 Å². The van der Waals surface area contributed by atoms with Crippen molar-refractivity contribution in [3.05, 3.63) is 154 Å². The van der Waals surface area contributed by atoms with Gasteiger partial charge in [-0.25, -0.2) is 0 Å². The fourth-order valence-electron chi connectivity index (χ4n) is 3.46. The van der Waals surface area contributed by atoms with Crippen molar-refractivity contribution in [1.82, 2.24) is 0 Å². The Kier molecular flexibility index (Phi) is 23.2. The average molecular weight is 569 g/mol. The van der Waals surface area contributed by atoms with Crippen LogP contribution in [0.2, 0.25) is 0 Å². The largest absolute Gasteiger partial charge is 0.392 e. The van der Waals surface area contributed by atoms with E-state index in [9.17, 15) is 0 Å². The fraction of sp³-hybridized carbons (Fsp3) is 0.350. The van der Waals surface area contributed by atoms with Crippen molar-refractivity contribution in [3.63, 3.8) is 0 Å². The lowest BCUT2D eigenvalue weighted by Gasteiger charge is -1.98. The molecule has 0 aromatic carbocycles. The van der Waals surface area contributed by atoms with E-state index in [1.165, 1.54) is 33.4 Å². The molecule has 2 heteroatoms. The molecular formula is C40H56O2. The SMILES string of the molecule is CC(=C/C=C/C(C)=C/C=C/C(C)=C/C=C/C=C(C)\C=C/C=C(C)\C=C/C=C(/C)CC/C=C(/C)CO)CC/C=C(\C)CO. The molecule has 0 aliphatic rings. The summed E-state index contributed by atoms with van der Waals surface area (Å²) in [7, 11) is 0. The summed E-state index contributed by atoms with van der Waals surface area (Å²) in [6.45, 7) is 16.9. The molecule has 0 saturated heterocycles. The van der Waals surface area contributed by atoms with Gasteiger partial charge in [-0.1, -0.05) is 154 Å². The summed E-state index contributed by atoms with van der Waals surface area (Å²) in [5.74, 6) is 0. The number of hydrogen-bond donors (Lipinski definition) is 2. The van der Waals surface area contributed by atoms with Crippen LogP contribution in [0.25, 0.3) is 0 Å². The van der Waals surface area contributed by atoms with E-state index in [1.807, 2.05) is 13.8 Å². The zero-order valence-corrected chi connectivity index (χ0v) is 27.5. The van der Waals surface area contributed by atoms with Gasteiger partial charge in [0, 0.05) is 0 Å². The molecule has 0 fully saturated rings. The summed E-state index contributed by atoms with van der Waals surface area (Å²) in [4.78, 5) is 0. The second kappa shape index (κ2) is 25.3. The zero-order valence-electron chi connectivity index (χ0n) is 27.5. The minimum Gasteiger partial charge on any atom is -0.392 e. The first-order valence-electron chi connectivity index (χ1n) is 15.0. The summed E-state index contributed by atoms with van der Waals surface area (Å²) in [5, 5.41) is 18.1. The molecule has 0 spiro atoms. The highest BCUT2D eigenvalue weighted by atomic mass is 16.3. The van der Waals surface area contributed by atoms with Gasteiger partial charge in [-0.2, -0.15) is 0 Å². The summed E-state index contributed by atoms with van der Waals surface area (Å²) in [5.41, 5.74) is 9.49. The second-order valence-corrected chi connectivity index (χ2v) is 11.0. The third-order valence-corrected chi connectivity index (χ3v) is 6.31. The van der Waals surface area contributed by atoms with E-state index >= 15 is 0 Å². The maximum atomic E-state index is 9.05. The second-order valence-electron chi connectivity index (χ2n) is 11.0. The van der Waals surface area contributed by atoms with Crippen molar-refractivity contribution in [3.8, 4) is 0 Å². The third-order valence-electron chi connectivity index (χ3n) is 6.31. The van der Waals surface area contributed by atoms with Gasteiger partial charge in [0.2, 0.25) is 0 Å². The van der Waals surface area contributed by atoms with Gasteiger partial charge >= 0.3 is 0 Å². The highest BCUT2D eigenvalue weighted by Crippen LogP contribution is 2.09. The predicted octanol–water partition coefficient (Wildman–Crippen LogP) is 10.9. The minimum atomic E-state index is 0.141. The Morgan fingerprint density at radius 1 is 0.381 bits per heavy atom. The van der Waals surface area contributed by atoms with Crippen LogP contribution in [0.5, 0.6) is 0 Å². The lowest BCUT2D eigenvalue weighted by atomic mass is 10.1. The van der Waals surface area contributed by atoms with Gasteiger partial charge in [-0.3, -0.25) is 0 Å². The molecule has 2 N–H and O–H groups in total. The molecule has 0 unspecified atom stereocenters. The molecule has 0 bridgehead atoms. The molecule has 0 radical (unpaired) electrons. The van der Waals surface area contributed by atoms with Crippen LogP contribution in [0.1, 0.15) is 81.1 Å². The van der Waals surface area contributed by atoms with Crippen LogP contribution in [0.15, 0.2) is 154 Å². The van der Waals surface area contributed by atoms with Crippen molar-refractivity contribution in [2.75, 3.05) is 13.2 Å². The van der Waals surface area contributed by atoms with Crippen molar-refractivity contribution >= 4 is 0 Å². The number of allylic oxidation sites excluding steroid dienone is 24. The molecule has 228 valence electrons. The first kappa shape index (κ1) is 38.5. The third kappa shape index (κ3) is 24.3. The summed E-state index contributed by atoms with van der Waals surface area (Å²) in [6, 6.07) is 0. The van der Waals surface area contributed by atoms with Crippen LogP contribution in [0.4, 0.5) is 0 Å². The van der Waals surface area contributed by atoms with E-state index in [1.54, 1.807) is 0 Å². The van der Waals surface area contributed by atoms with Crippen LogP contribution < -0.4 is 0 Å². The Labute approximate surface area is 258 Å². The van der Waals surface area contributed by atoms with Crippen LogP contribution in [-0.2, 0) is 0 Å². The van der Waals surface area contributed by atoms with Gasteiger partial charge in [0.15, 0.2) is 0 Å². The molecule has 2 nitrogen and oxygen atoms in total. The van der Waals surface area contributed by atoms with Crippen LogP contribution >= 0.6 is 0 Å². The van der Waals surface area contributed by atoms with Crippen molar-refractivity contribution in [2.24, 2.45) is 0 Å². The Hall–Kier alpha value is -3.46. The van der Waals surface area contributed by atoms with E-state index in [2.05, 4.69) is 151 Å². The van der Waals surface area contributed by atoms with Gasteiger partial charge in [0.05, 0.1) is 13.2 Å². The Morgan fingerprint density at radius 3 is 0.976 bits per heavy atom. The smallest absolute Gasteiger partial charge is 0.0639 e. The maximum Gasteiger partial charge on any atom is 0.0639 e. The highest BCUT2D eigenvalue weighted by molar-refractivity contribution is 5.32. The van der Waals surface area contributed by atoms with Crippen molar-refractivity contribution in [1.29, 1.82) is 0 Å². The Balaban J connectivity index is 4.70. The molecule has 42 heavy (non-hydrogen) atoms. The molecule has 0 aliphatic heterocycles. The lowest BCUT2D eigenvalue weighted by molar-refractivity contribution is 0.330. The summed E-state index contributed by atoms with van der Waals surface area (Å²) in [6.07, 6.45) is 41.9. The molecule has 0 heterocycles. The quantitative estimate of drug-likeness (QED) is 0.127. The van der Waals surface area contributed by atoms with Gasteiger partial charge < -0.3 is 10.2 Å². The number of aliphatic hydroxyl groups is 2. The highest BCUT2D eigenvalue weighted by Gasteiger charge is 1.90. The van der Waals surface area contributed by atoms with Crippen molar-refractivity contribution in [2.45, 2.75) is 81.1 Å².